The molecule has 168 valence electrons. The third-order valence-electron chi connectivity index (χ3n) is 4.66. The van der Waals surface area contributed by atoms with Gasteiger partial charge in [-0.15, -0.1) is 6.58 Å². The second-order valence-corrected chi connectivity index (χ2v) is 7.22. The number of ether oxygens (including phenoxy) is 3. The van der Waals surface area contributed by atoms with Crippen LogP contribution in [0.15, 0.2) is 61.2 Å². The second-order valence-electron chi connectivity index (χ2n) is 7.22. The molecule has 32 heavy (non-hydrogen) atoms. The zero-order chi connectivity index (χ0) is 23.2. The van der Waals surface area contributed by atoms with Gasteiger partial charge in [-0.2, -0.15) is 5.26 Å². The maximum atomic E-state index is 12.4. The van der Waals surface area contributed by atoms with Crippen LogP contribution in [0.5, 0.6) is 11.5 Å². The van der Waals surface area contributed by atoms with Crippen LogP contribution in [0.25, 0.3) is 0 Å². The van der Waals surface area contributed by atoms with Crippen LogP contribution in [0.2, 0.25) is 0 Å². The number of nitriles is 1. The van der Waals surface area contributed by atoms with Crippen LogP contribution < -0.4 is 9.47 Å². The summed E-state index contributed by atoms with van der Waals surface area (Å²) in [7, 11) is 0. The van der Waals surface area contributed by atoms with E-state index in [4.69, 9.17) is 14.2 Å². The highest BCUT2D eigenvalue weighted by molar-refractivity contribution is 5.91. The standard InChI is InChI=1S/C26H29NO5/c1-3-5-7-9-25(28)32-24(19-27)20-10-16-23(17-11-20)31-26(29)21-12-14-22(15-13-21)30-18-8-6-4-2/h4,10-17,24H,2-3,5-9,18H2,1H3/t24-/m0/s1. The molecule has 0 N–H and O–H groups in total. The molecule has 1 atom stereocenters. The number of carbonyl (C=O) groups excluding carboxylic acids is 2. The van der Waals surface area contributed by atoms with Gasteiger partial charge in [0, 0.05) is 12.0 Å². The maximum absolute atomic E-state index is 12.4. The predicted molar refractivity (Wildman–Crippen MR) is 121 cm³/mol. The van der Waals surface area contributed by atoms with Gasteiger partial charge in [-0.1, -0.05) is 38.0 Å². The molecule has 6 heteroatoms. The Kier molecular flexibility index (Phi) is 10.5. The minimum absolute atomic E-state index is 0.292. The van der Waals surface area contributed by atoms with Gasteiger partial charge in [0.25, 0.3) is 0 Å². The SMILES string of the molecule is C=CCCCOc1ccc(C(=O)Oc2ccc([C@H](C#N)OC(=O)CCCCC)cc2)cc1. The third-order valence-corrected chi connectivity index (χ3v) is 4.66. The number of esters is 2. The topological polar surface area (TPSA) is 85.6 Å². The molecule has 2 aromatic carbocycles. The molecule has 0 bridgehead atoms. The largest absolute Gasteiger partial charge is 0.494 e. The summed E-state index contributed by atoms with van der Waals surface area (Å²) in [6, 6.07) is 15.1. The van der Waals surface area contributed by atoms with Crippen LogP contribution in [0.3, 0.4) is 0 Å². The van der Waals surface area contributed by atoms with Crippen molar-refractivity contribution < 1.29 is 23.8 Å². The number of hydrogen-bond acceptors (Lipinski definition) is 6. The molecule has 0 radical (unpaired) electrons. The minimum atomic E-state index is -0.993. The Morgan fingerprint density at radius 2 is 1.72 bits per heavy atom. The zero-order valence-electron chi connectivity index (χ0n) is 18.4. The van der Waals surface area contributed by atoms with E-state index in [0.717, 1.165) is 32.1 Å². The van der Waals surface area contributed by atoms with E-state index < -0.39 is 18.0 Å². The van der Waals surface area contributed by atoms with Crippen molar-refractivity contribution >= 4 is 11.9 Å². The first-order chi connectivity index (χ1) is 15.6. The van der Waals surface area contributed by atoms with Gasteiger partial charge in [0.2, 0.25) is 6.10 Å². The lowest BCUT2D eigenvalue weighted by molar-refractivity contribution is -0.147. The van der Waals surface area contributed by atoms with Gasteiger partial charge in [-0.05, 0) is 55.7 Å². The first-order valence-electron chi connectivity index (χ1n) is 10.8. The first kappa shape index (κ1) is 24.7. The van der Waals surface area contributed by atoms with Crippen molar-refractivity contribution in [3.63, 3.8) is 0 Å². The van der Waals surface area contributed by atoms with E-state index in [0.29, 0.717) is 35.7 Å². The summed E-state index contributed by atoms with van der Waals surface area (Å²) < 4.78 is 16.2. The molecule has 0 unspecified atom stereocenters. The summed E-state index contributed by atoms with van der Waals surface area (Å²) in [6.45, 7) is 6.30. The van der Waals surface area contributed by atoms with Crippen LogP contribution in [-0.2, 0) is 9.53 Å². The van der Waals surface area contributed by atoms with Crippen LogP contribution in [-0.4, -0.2) is 18.5 Å². The van der Waals surface area contributed by atoms with Crippen molar-refractivity contribution in [1.29, 1.82) is 5.26 Å². The highest BCUT2D eigenvalue weighted by atomic mass is 16.5. The molecule has 0 aliphatic rings. The highest BCUT2D eigenvalue weighted by Gasteiger charge is 2.16. The molecule has 2 rings (SSSR count). The first-order valence-corrected chi connectivity index (χ1v) is 10.8. The van der Waals surface area contributed by atoms with E-state index in [1.807, 2.05) is 19.1 Å². The van der Waals surface area contributed by atoms with Crippen molar-refractivity contribution in [1.82, 2.24) is 0 Å². The molecular formula is C26H29NO5. The summed E-state index contributed by atoms with van der Waals surface area (Å²) >= 11 is 0. The fourth-order valence-electron chi connectivity index (χ4n) is 2.86. The number of nitrogens with zero attached hydrogens (tertiary/aromatic N) is 1. The average molecular weight is 436 g/mol. The molecule has 0 aliphatic carbocycles. The van der Waals surface area contributed by atoms with Gasteiger partial charge in [0.15, 0.2) is 0 Å². The maximum Gasteiger partial charge on any atom is 0.343 e. The van der Waals surface area contributed by atoms with Crippen molar-refractivity contribution in [3.05, 3.63) is 72.3 Å². The predicted octanol–water partition coefficient (Wildman–Crippen LogP) is 5.94. The lowest BCUT2D eigenvalue weighted by atomic mass is 10.1. The number of unbranched alkanes of at least 4 members (excludes halogenated alkanes) is 3. The summed E-state index contributed by atoms with van der Waals surface area (Å²) in [5, 5.41) is 9.34. The monoisotopic (exact) mass is 435 g/mol. The molecule has 0 aliphatic heterocycles. The van der Waals surface area contributed by atoms with Crippen LogP contribution in [0, 0.1) is 11.3 Å². The van der Waals surface area contributed by atoms with Crippen LogP contribution in [0.4, 0.5) is 0 Å². The van der Waals surface area contributed by atoms with Crippen molar-refractivity contribution in [3.8, 4) is 17.6 Å². The molecule has 0 saturated carbocycles. The van der Waals surface area contributed by atoms with Gasteiger partial charge in [-0.3, -0.25) is 4.79 Å². The number of allylic oxidation sites excluding steroid dienone is 1. The number of carbonyl (C=O) groups is 2. The van der Waals surface area contributed by atoms with Gasteiger partial charge in [0.1, 0.15) is 17.6 Å². The minimum Gasteiger partial charge on any atom is -0.494 e. The quantitative estimate of drug-likeness (QED) is 0.168. The fraction of sp³-hybridized carbons (Fsp3) is 0.346. The summed E-state index contributed by atoms with van der Waals surface area (Å²) in [5.74, 6) is 0.111. The van der Waals surface area contributed by atoms with E-state index in [9.17, 15) is 14.9 Å². The molecule has 0 fully saturated rings. The smallest absolute Gasteiger partial charge is 0.343 e. The van der Waals surface area contributed by atoms with E-state index in [2.05, 4.69) is 6.58 Å². The molecule has 0 aromatic heterocycles. The molecule has 6 nitrogen and oxygen atoms in total. The van der Waals surface area contributed by atoms with Crippen molar-refractivity contribution in [2.24, 2.45) is 0 Å². The van der Waals surface area contributed by atoms with Gasteiger partial charge >= 0.3 is 11.9 Å². The molecule has 0 spiro atoms. The van der Waals surface area contributed by atoms with Crippen LogP contribution in [0.1, 0.15) is 67.5 Å². The number of hydrogen-bond donors (Lipinski definition) is 0. The van der Waals surface area contributed by atoms with E-state index in [1.54, 1.807) is 48.5 Å². The summed E-state index contributed by atoms with van der Waals surface area (Å²) in [6.07, 6.45) is 5.60. The van der Waals surface area contributed by atoms with Crippen molar-refractivity contribution in [2.75, 3.05) is 6.61 Å². The van der Waals surface area contributed by atoms with E-state index in [-0.39, 0.29) is 0 Å². The van der Waals surface area contributed by atoms with Gasteiger partial charge < -0.3 is 14.2 Å². The summed E-state index contributed by atoms with van der Waals surface area (Å²) in [4.78, 5) is 24.3. The molecule has 0 heterocycles. The highest BCUT2D eigenvalue weighted by Crippen LogP contribution is 2.22. The Bertz CT molecular complexity index is 913. The molecule has 0 saturated heterocycles. The van der Waals surface area contributed by atoms with E-state index >= 15 is 0 Å². The van der Waals surface area contributed by atoms with Crippen LogP contribution >= 0.6 is 0 Å². The van der Waals surface area contributed by atoms with Crippen molar-refractivity contribution in [2.45, 2.75) is 51.6 Å². The molecule has 2 aromatic rings. The van der Waals surface area contributed by atoms with E-state index in [1.165, 1.54) is 0 Å². The fourth-order valence-corrected chi connectivity index (χ4v) is 2.86. The number of rotatable bonds is 13. The van der Waals surface area contributed by atoms with Gasteiger partial charge in [0.05, 0.1) is 12.2 Å². The molecule has 0 amide bonds. The second kappa shape index (κ2) is 13.7. The third kappa shape index (κ3) is 8.27. The average Bonchev–Trinajstić information content (AvgIpc) is 2.81. The Morgan fingerprint density at radius 1 is 1.03 bits per heavy atom. The molecular weight excluding hydrogens is 406 g/mol. The lowest BCUT2D eigenvalue weighted by Crippen LogP contribution is -2.11. The van der Waals surface area contributed by atoms with Gasteiger partial charge in [-0.25, -0.2) is 4.79 Å². The summed E-state index contributed by atoms with van der Waals surface area (Å²) in [5.41, 5.74) is 0.914. The Hall–Kier alpha value is -3.59. The number of benzene rings is 2. The Balaban J connectivity index is 1.89. The Morgan fingerprint density at radius 3 is 2.34 bits per heavy atom. The lowest BCUT2D eigenvalue weighted by Gasteiger charge is -2.12. The normalized spacial score (nSPS) is 11.1. The zero-order valence-corrected chi connectivity index (χ0v) is 18.4. The Labute approximate surface area is 189 Å².